The molecule has 0 saturated heterocycles. The number of hydrogen-bond donors (Lipinski definition) is 0. The largest absolute Gasteiger partial charge is 0.436 e. The Balaban J connectivity index is 1.35. The molecule has 0 fully saturated rings. The highest BCUT2D eigenvalue weighted by atomic mass is 35.5. The van der Waals surface area contributed by atoms with Crippen LogP contribution in [-0.2, 0) is 16.6 Å². The van der Waals surface area contributed by atoms with Crippen LogP contribution in [-0.4, -0.2) is 18.4 Å². The number of aromatic nitrogens is 2. The topological polar surface area (TPSA) is 76.3 Å². The van der Waals surface area contributed by atoms with E-state index in [1.807, 2.05) is 66.7 Å². The summed E-state index contributed by atoms with van der Waals surface area (Å²) in [7, 11) is -3.95. The van der Waals surface area contributed by atoms with Gasteiger partial charge in [0.05, 0.1) is 27.9 Å². The molecule has 0 radical (unpaired) electrons. The smallest absolute Gasteiger partial charge is 0.266 e. The average Bonchev–Trinajstić information content (AvgIpc) is 3.60. The van der Waals surface area contributed by atoms with Crippen molar-refractivity contribution in [2.75, 3.05) is 4.31 Å². The van der Waals surface area contributed by atoms with E-state index < -0.39 is 10.0 Å². The van der Waals surface area contributed by atoms with Gasteiger partial charge in [-0.05, 0) is 48.0 Å². The van der Waals surface area contributed by atoms with Crippen molar-refractivity contribution in [2.45, 2.75) is 11.4 Å². The Morgan fingerprint density at radius 2 is 1.55 bits per heavy atom. The second-order valence-corrected chi connectivity index (χ2v) is 11.8. The minimum Gasteiger partial charge on any atom is -0.436 e. The Kier molecular flexibility index (Phi) is 6.45. The molecule has 188 valence electrons. The first-order valence-corrected chi connectivity index (χ1v) is 14.4. The second-order valence-electron chi connectivity index (χ2n) is 8.53. The van der Waals surface area contributed by atoms with Gasteiger partial charge in [0.2, 0.25) is 11.0 Å². The van der Waals surface area contributed by atoms with Crippen LogP contribution in [0.1, 0.15) is 5.56 Å². The molecule has 0 N–H and O–H groups in total. The summed E-state index contributed by atoms with van der Waals surface area (Å²) in [6.45, 7) is 0.138. The molecule has 0 spiro atoms. The van der Waals surface area contributed by atoms with Gasteiger partial charge in [-0.25, -0.2) is 22.7 Å². The van der Waals surface area contributed by atoms with Crippen LogP contribution in [0.5, 0.6) is 0 Å². The molecular weight excluding hydrogens is 538 g/mol. The molecule has 6 nitrogen and oxygen atoms in total. The molecule has 0 saturated carbocycles. The predicted octanol–water partition coefficient (Wildman–Crippen LogP) is 7.67. The Bertz CT molecular complexity index is 1820. The van der Waals surface area contributed by atoms with Crippen molar-refractivity contribution in [1.29, 1.82) is 0 Å². The van der Waals surface area contributed by atoms with E-state index in [-0.39, 0.29) is 11.4 Å². The lowest BCUT2D eigenvalue weighted by molar-refractivity contribution is 0.587. The van der Waals surface area contributed by atoms with Gasteiger partial charge < -0.3 is 4.42 Å². The average molecular weight is 558 g/mol. The standard InChI is InChI=1S/C29H20ClN3O3S2/c30-23-13-16-27-25(17-23)32-29(37-27)33(19-20-7-3-1-4-8-20)38(34,35)24-14-11-22(12-15-24)28-31-18-26(36-28)21-9-5-2-6-10-21/h1-18H,19H2. The van der Waals surface area contributed by atoms with E-state index in [4.69, 9.17) is 16.0 Å². The van der Waals surface area contributed by atoms with Gasteiger partial charge in [-0.1, -0.05) is 83.6 Å². The molecular formula is C29H20ClN3O3S2. The quantitative estimate of drug-likeness (QED) is 0.201. The first kappa shape index (κ1) is 24.4. The normalized spacial score (nSPS) is 11.6. The molecule has 4 aromatic carbocycles. The lowest BCUT2D eigenvalue weighted by Gasteiger charge is -2.22. The Morgan fingerprint density at radius 1 is 0.842 bits per heavy atom. The third-order valence-corrected chi connectivity index (χ3v) is 9.13. The van der Waals surface area contributed by atoms with Gasteiger partial charge in [0.25, 0.3) is 10.0 Å². The van der Waals surface area contributed by atoms with E-state index in [0.717, 1.165) is 15.8 Å². The number of thiazole rings is 1. The van der Waals surface area contributed by atoms with Crippen LogP contribution in [0.4, 0.5) is 5.13 Å². The van der Waals surface area contributed by atoms with Crippen LogP contribution in [0.15, 0.2) is 119 Å². The van der Waals surface area contributed by atoms with Crippen LogP contribution in [0.3, 0.4) is 0 Å². The van der Waals surface area contributed by atoms with Crippen LogP contribution in [0.25, 0.3) is 33.0 Å². The second kappa shape index (κ2) is 10.1. The maximum atomic E-state index is 13.9. The Morgan fingerprint density at radius 3 is 2.29 bits per heavy atom. The summed E-state index contributed by atoms with van der Waals surface area (Å²) in [6, 6.07) is 31.0. The highest BCUT2D eigenvalue weighted by Crippen LogP contribution is 2.35. The van der Waals surface area contributed by atoms with E-state index >= 15 is 0 Å². The molecule has 0 amide bonds. The van der Waals surface area contributed by atoms with Crippen molar-refractivity contribution in [1.82, 2.24) is 9.97 Å². The van der Waals surface area contributed by atoms with Gasteiger partial charge in [-0.3, -0.25) is 0 Å². The zero-order chi connectivity index (χ0) is 26.1. The van der Waals surface area contributed by atoms with Crippen molar-refractivity contribution in [2.24, 2.45) is 0 Å². The summed E-state index contributed by atoms with van der Waals surface area (Å²) in [6.07, 6.45) is 1.66. The first-order valence-electron chi connectivity index (χ1n) is 11.7. The fourth-order valence-corrected chi connectivity index (χ4v) is 6.76. The van der Waals surface area contributed by atoms with E-state index in [9.17, 15) is 8.42 Å². The van der Waals surface area contributed by atoms with Gasteiger partial charge >= 0.3 is 0 Å². The summed E-state index contributed by atoms with van der Waals surface area (Å²) in [5.74, 6) is 1.05. The minimum absolute atomic E-state index is 0.138. The molecule has 2 aromatic heterocycles. The molecule has 0 atom stereocenters. The lowest BCUT2D eigenvalue weighted by atomic mass is 10.2. The summed E-state index contributed by atoms with van der Waals surface area (Å²) >= 11 is 7.45. The first-order chi connectivity index (χ1) is 18.5. The number of rotatable bonds is 7. The number of halogens is 1. The fourth-order valence-electron chi connectivity index (χ4n) is 4.04. The highest BCUT2D eigenvalue weighted by Gasteiger charge is 2.28. The SMILES string of the molecule is O=S(=O)(c1ccc(-c2ncc(-c3ccccc3)o2)cc1)N(Cc1ccccc1)c1nc2cc(Cl)ccc2s1. The van der Waals surface area contributed by atoms with Gasteiger partial charge in [0.1, 0.15) is 0 Å². The summed E-state index contributed by atoms with van der Waals surface area (Å²) in [5, 5.41) is 0.916. The molecule has 38 heavy (non-hydrogen) atoms. The molecule has 0 aliphatic heterocycles. The summed E-state index contributed by atoms with van der Waals surface area (Å²) < 4.78 is 36.0. The number of hydrogen-bond acceptors (Lipinski definition) is 6. The van der Waals surface area contributed by atoms with Crippen molar-refractivity contribution >= 4 is 48.3 Å². The number of anilines is 1. The van der Waals surface area contributed by atoms with E-state index in [0.29, 0.717) is 32.9 Å². The summed E-state index contributed by atoms with van der Waals surface area (Å²) in [5.41, 5.74) is 3.09. The van der Waals surface area contributed by atoms with Gasteiger partial charge in [0.15, 0.2) is 5.76 Å². The zero-order valence-electron chi connectivity index (χ0n) is 19.9. The van der Waals surface area contributed by atoms with Crippen LogP contribution in [0, 0.1) is 0 Å². The molecule has 0 unspecified atom stereocenters. The molecule has 6 rings (SSSR count). The third kappa shape index (κ3) is 4.81. The Hall–Kier alpha value is -3.98. The van der Waals surface area contributed by atoms with Crippen LogP contribution >= 0.6 is 22.9 Å². The van der Waals surface area contributed by atoms with Gasteiger partial charge in [-0.15, -0.1) is 0 Å². The zero-order valence-corrected chi connectivity index (χ0v) is 22.2. The molecule has 0 aliphatic rings. The number of benzene rings is 4. The van der Waals surface area contributed by atoms with Crippen molar-refractivity contribution in [3.8, 4) is 22.8 Å². The monoisotopic (exact) mass is 557 g/mol. The lowest BCUT2D eigenvalue weighted by Crippen LogP contribution is -2.30. The maximum Gasteiger partial charge on any atom is 0.266 e. The third-order valence-electron chi connectivity index (χ3n) is 5.97. The van der Waals surface area contributed by atoms with Gasteiger partial charge in [0, 0.05) is 16.1 Å². The molecule has 9 heteroatoms. The van der Waals surface area contributed by atoms with Crippen molar-refractivity contribution in [3.63, 3.8) is 0 Å². The van der Waals surface area contributed by atoms with Gasteiger partial charge in [-0.2, -0.15) is 0 Å². The Labute approximate surface area is 228 Å². The van der Waals surface area contributed by atoms with Crippen molar-refractivity contribution in [3.05, 3.63) is 120 Å². The molecule has 6 aromatic rings. The summed E-state index contributed by atoms with van der Waals surface area (Å²) in [4.78, 5) is 9.14. The van der Waals surface area contributed by atoms with E-state index in [1.54, 1.807) is 42.6 Å². The highest BCUT2D eigenvalue weighted by molar-refractivity contribution is 7.93. The number of nitrogens with zero attached hydrogens (tertiary/aromatic N) is 3. The number of oxazole rings is 1. The predicted molar refractivity (Wildman–Crippen MR) is 152 cm³/mol. The molecule has 0 aliphatic carbocycles. The van der Waals surface area contributed by atoms with Crippen molar-refractivity contribution < 1.29 is 12.8 Å². The van der Waals surface area contributed by atoms with Crippen LogP contribution < -0.4 is 4.31 Å². The number of fused-ring (bicyclic) bond motifs is 1. The fraction of sp³-hybridized carbons (Fsp3) is 0.0345. The van der Waals surface area contributed by atoms with E-state index in [2.05, 4.69) is 9.97 Å². The maximum absolute atomic E-state index is 13.9. The van der Waals surface area contributed by atoms with E-state index in [1.165, 1.54) is 15.6 Å². The molecule has 2 heterocycles. The van der Waals surface area contributed by atoms with Crippen LogP contribution in [0.2, 0.25) is 5.02 Å². The number of sulfonamides is 1. The minimum atomic E-state index is -3.95. The molecule has 0 bridgehead atoms.